The Morgan fingerprint density at radius 2 is 1.65 bits per heavy atom. The van der Waals surface area contributed by atoms with Crippen molar-refractivity contribution in [2.45, 2.75) is 56.3 Å². The van der Waals surface area contributed by atoms with E-state index in [-0.39, 0.29) is 11.3 Å². The summed E-state index contributed by atoms with van der Waals surface area (Å²) in [6, 6.07) is 18.7. The van der Waals surface area contributed by atoms with Crippen molar-refractivity contribution in [2.24, 2.45) is 11.8 Å². The quantitative estimate of drug-likeness (QED) is 0.516. The summed E-state index contributed by atoms with van der Waals surface area (Å²) < 4.78 is 0. The van der Waals surface area contributed by atoms with Crippen LogP contribution >= 0.6 is 11.3 Å². The van der Waals surface area contributed by atoms with Crippen LogP contribution in [0.25, 0.3) is 0 Å². The van der Waals surface area contributed by atoms with E-state index in [2.05, 4.69) is 41.9 Å². The zero-order valence-electron chi connectivity index (χ0n) is 17.9. The summed E-state index contributed by atoms with van der Waals surface area (Å²) in [6.07, 6.45) is 7.76. The van der Waals surface area contributed by atoms with Crippen LogP contribution in [0.3, 0.4) is 0 Å². The Morgan fingerprint density at radius 3 is 2.35 bits per heavy atom. The number of hydrogen-bond acceptors (Lipinski definition) is 3. The first kappa shape index (κ1) is 19.2. The van der Waals surface area contributed by atoms with Crippen LogP contribution in [0.5, 0.6) is 0 Å². The first-order valence-electron chi connectivity index (χ1n) is 11.4. The van der Waals surface area contributed by atoms with Gasteiger partial charge in [0.05, 0.1) is 5.69 Å². The van der Waals surface area contributed by atoms with Gasteiger partial charge in [-0.3, -0.25) is 10.1 Å². The van der Waals surface area contributed by atoms with Crippen LogP contribution in [0.1, 0.15) is 65.7 Å². The second kappa shape index (κ2) is 7.03. The van der Waals surface area contributed by atoms with Gasteiger partial charge in [-0.2, -0.15) is 0 Å². The zero-order valence-corrected chi connectivity index (χ0v) is 18.8. The van der Waals surface area contributed by atoms with E-state index in [9.17, 15) is 4.79 Å². The van der Waals surface area contributed by atoms with Gasteiger partial charge in [-0.15, -0.1) is 11.3 Å². The molecule has 4 atom stereocenters. The molecule has 0 aliphatic heterocycles. The minimum absolute atomic E-state index is 0.0804. The predicted octanol–water partition coefficient (Wildman–Crippen LogP) is 6.49. The van der Waals surface area contributed by atoms with Gasteiger partial charge in [0.25, 0.3) is 5.91 Å². The van der Waals surface area contributed by atoms with E-state index in [4.69, 9.17) is 4.98 Å². The molecule has 0 saturated heterocycles. The third kappa shape index (κ3) is 3.23. The molecule has 0 spiro atoms. The van der Waals surface area contributed by atoms with Crippen LogP contribution in [0, 0.1) is 18.8 Å². The average molecular weight is 429 g/mol. The molecule has 1 amide bonds. The Balaban J connectivity index is 1.30. The third-order valence-electron chi connectivity index (χ3n) is 8.03. The largest absolute Gasteiger partial charge is 0.298 e. The molecule has 1 heterocycles. The Kier molecular flexibility index (Phi) is 4.36. The number of hydrogen-bond donors (Lipinski definition) is 1. The minimum atomic E-state index is -0.0804. The maximum absolute atomic E-state index is 12.6. The Morgan fingerprint density at radius 1 is 0.968 bits per heavy atom. The van der Waals surface area contributed by atoms with Crippen molar-refractivity contribution in [2.75, 3.05) is 5.32 Å². The normalized spacial score (nSPS) is 31.0. The summed E-state index contributed by atoms with van der Waals surface area (Å²) in [5.41, 5.74) is 5.22. The first-order valence-corrected chi connectivity index (χ1v) is 12.3. The van der Waals surface area contributed by atoms with Crippen molar-refractivity contribution in [3.8, 4) is 0 Å². The highest BCUT2D eigenvalue weighted by Crippen LogP contribution is 2.66. The van der Waals surface area contributed by atoms with Crippen LogP contribution < -0.4 is 5.32 Å². The van der Waals surface area contributed by atoms with Gasteiger partial charge in [-0.25, -0.2) is 4.98 Å². The van der Waals surface area contributed by atoms with E-state index >= 15 is 0 Å². The van der Waals surface area contributed by atoms with Crippen molar-refractivity contribution >= 4 is 22.4 Å². The Bertz CT molecular complexity index is 1100. The van der Waals surface area contributed by atoms with E-state index in [0.29, 0.717) is 11.0 Å². The molecule has 4 heteroatoms. The van der Waals surface area contributed by atoms with E-state index in [1.807, 2.05) is 30.3 Å². The highest BCUT2D eigenvalue weighted by Gasteiger charge is 2.59. The molecule has 1 N–H and O–H groups in total. The van der Waals surface area contributed by atoms with E-state index in [0.717, 1.165) is 17.0 Å². The molecule has 2 aromatic carbocycles. The lowest BCUT2D eigenvalue weighted by molar-refractivity contribution is -0.0296. The van der Waals surface area contributed by atoms with Gasteiger partial charge >= 0.3 is 0 Å². The number of anilines is 1. The first-order chi connectivity index (χ1) is 15.0. The number of carbonyl (C=O) groups is 1. The van der Waals surface area contributed by atoms with Crippen molar-refractivity contribution in [3.63, 3.8) is 0 Å². The molecule has 3 nitrogen and oxygen atoms in total. The van der Waals surface area contributed by atoms with Gasteiger partial charge in [0.15, 0.2) is 5.13 Å². The molecular formula is C27H28N2OS. The van der Waals surface area contributed by atoms with Crippen molar-refractivity contribution < 1.29 is 4.79 Å². The molecular weight excluding hydrogens is 400 g/mol. The maximum atomic E-state index is 12.6. The van der Waals surface area contributed by atoms with Gasteiger partial charge in [0.2, 0.25) is 0 Å². The lowest BCUT2D eigenvalue weighted by atomic mass is 9.42. The Labute approximate surface area is 187 Å². The SMILES string of the molecule is Cc1ccc(C23C[C@H]4C[C@@H](C2)CC(c2csc(NC(=O)c5ccccc5)n2)(C4)C3)cc1. The fourth-order valence-electron chi connectivity index (χ4n) is 7.14. The fraction of sp³-hybridized carbons (Fsp3) is 0.407. The third-order valence-corrected chi connectivity index (χ3v) is 8.79. The van der Waals surface area contributed by atoms with Crippen molar-refractivity contribution in [3.05, 3.63) is 82.4 Å². The molecule has 158 valence electrons. The summed E-state index contributed by atoms with van der Waals surface area (Å²) in [4.78, 5) is 17.6. The van der Waals surface area contributed by atoms with E-state index in [1.54, 1.807) is 11.3 Å². The summed E-state index contributed by atoms with van der Waals surface area (Å²) in [6.45, 7) is 2.17. The number of carbonyl (C=O) groups excluding carboxylic acids is 1. The van der Waals surface area contributed by atoms with Crippen LogP contribution in [0.15, 0.2) is 60.0 Å². The van der Waals surface area contributed by atoms with Gasteiger partial charge in [0.1, 0.15) is 0 Å². The fourth-order valence-corrected chi connectivity index (χ4v) is 7.97. The van der Waals surface area contributed by atoms with Gasteiger partial charge in [-0.05, 0) is 80.4 Å². The standard InChI is InChI=1S/C27H28N2OS/c1-18-7-9-22(10-8-18)26-12-19-11-20(13-26)15-27(14-19,17-26)23-16-31-25(28-23)29-24(30)21-5-3-2-4-6-21/h2-10,16,19-20H,11-15,17H2,1H3,(H,28,29,30)/t19-,20+,26?,27?. The van der Waals surface area contributed by atoms with E-state index < -0.39 is 0 Å². The zero-order chi connectivity index (χ0) is 21.1. The van der Waals surface area contributed by atoms with Crippen LogP contribution in [-0.4, -0.2) is 10.9 Å². The molecule has 3 aromatic rings. The predicted molar refractivity (Wildman–Crippen MR) is 126 cm³/mol. The Hall–Kier alpha value is -2.46. The van der Waals surface area contributed by atoms with Gasteiger partial charge in [-0.1, -0.05) is 48.0 Å². The molecule has 1 aromatic heterocycles. The lowest BCUT2D eigenvalue weighted by Gasteiger charge is -2.62. The van der Waals surface area contributed by atoms with Gasteiger partial charge in [0, 0.05) is 16.4 Å². The van der Waals surface area contributed by atoms with Crippen LogP contribution in [0.2, 0.25) is 0 Å². The van der Waals surface area contributed by atoms with Crippen LogP contribution in [0.4, 0.5) is 5.13 Å². The molecule has 4 saturated carbocycles. The molecule has 2 unspecified atom stereocenters. The molecule has 31 heavy (non-hydrogen) atoms. The summed E-state index contributed by atoms with van der Waals surface area (Å²) in [5.74, 6) is 1.52. The van der Waals surface area contributed by atoms with Gasteiger partial charge < -0.3 is 0 Å². The minimum Gasteiger partial charge on any atom is -0.298 e. The number of nitrogens with zero attached hydrogens (tertiary/aromatic N) is 1. The highest BCUT2D eigenvalue weighted by molar-refractivity contribution is 7.14. The number of rotatable bonds is 4. The monoisotopic (exact) mass is 428 g/mol. The molecule has 4 aliphatic carbocycles. The second-order valence-corrected chi connectivity index (χ2v) is 11.1. The number of aromatic nitrogens is 1. The maximum Gasteiger partial charge on any atom is 0.257 e. The number of amides is 1. The molecule has 4 bridgehead atoms. The topological polar surface area (TPSA) is 42.0 Å². The average Bonchev–Trinajstić information content (AvgIpc) is 3.23. The highest BCUT2D eigenvalue weighted by atomic mass is 32.1. The number of benzene rings is 2. The van der Waals surface area contributed by atoms with E-state index in [1.165, 1.54) is 55.3 Å². The molecule has 7 rings (SSSR count). The summed E-state index contributed by atoms with van der Waals surface area (Å²) >= 11 is 1.58. The lowest BCUT2D eigenvalue weighted by Crippen LogP contribution is -2.56. The number of thiazole rings is 1. The summed E-state index contributed by atoms with van der Waals surface area (Å²) in [5, 5.41) is 5.97. The molecule has 0 radical (unpaired) electrons. The number of nitrogens with one attached hydrogen (secondary N) is 1. The van der Waals surface area contributed by atoms with Crippen molar-refractivity contribution in [1.82, 2.24) is 4.98 Å². The van der Waals surface area contributed by atoms with Crippen molar-refractivity contribution in [1.29, 1.82) is 0 Å². The summed E-state index contributed by atoms with van der Waals surface area (Å²) in [7, 11) is 0. The number of aryl methyl sites for hydroxylation is 1. The second-order valence-electron chi connectivity index (χ2n) is 10.2. The molecule has 4 fully saturated rings. The van der Waals surface area contributed by atoms with Crippen LogP contribution in [-0.2, 0) is 10.8 Å². The molecule has 4 aliphatic rings. The smallest absolute Gasteiger partial charge is 0.257 e.